The molecule has 1 heterocycles. The van der Waals surface area contributed by atoms with Crippen LogP contribution in [0.3, 0.4) is 0 Å². The molecule has 2 nitrogen and oxygen atoms in total. The number of benzene rings is 1. The standard InChI is InChI=1S/C10H6BrCl2FN2/c1-3-4(2)6(11)7(14)8-5(3)9(12)16-10(13)15-8/h1-2H3. The third-order valence-electron chi connectivity index (χ3n) is 2.50. The summed E-state index contributed by atoms with van der Waals surface area (Å²) in [4.78, 5) is 7.68. The minimum atomic E-state index is -0.468. The first-order valence-corrected chi connectivity index (χ1v) is 5.95. The van der Waals surface area contributed by atoms with Crippen LogP contribution in [0.2, 0.25) is 10.4 Å². The first-order valence-electron chi connectivity index (χ1n) is 4.40. The highest BCUT2D eigenvalue weighted by Crippen LogP contribution is 2.34. The molecule has 0 aliphatic rings. The normalized spacial score (nSPS) is 11.1. The van der Waals surface area contributed by atoms with Gasteiger partial charge in [0, 0.05) is 5.39 Å². The Labute approximate surface area is 110 Å². The minimum Gasteiger partial charge on any atom is -0.215 e. The number of fused-ring (bicyclic) bond motifs is 1. The number of hydrogen-bond donors (Lipinski definition) is 0. The maximum Gasteiger partial charge on any atom is 0.224 e. The predicted molar refractivity (Wildman–Crippen MR) is 66.7 cm³/mol. The van der Waals surface area contributed by atoms with Crippen molar-refractivity contribution in [2.75, 3.05) is 0 Å². The molecule has 0 saturated heterocycles. The third kappa shape index (κ3) is 1.69. The SMILES string of the molecule is Cc1c(Br)c(F)c2nc(Cl)nc(Cl)c2c1C. The molecule has 0 aliphatic carbocycles. The summed E-state index contributed by atoms with van der Waals surface area (Å²) < 4.78 is 14.3. The predicted octanol–water partition coefficient (Wildman–Crippen LogP) is 4.46. The zero-order valence-electron chi connectivity index (χ0n) is 8.41. The Kier molecular flexibility index (Phi) is 3.07. The Morgan fingerprint density at radius 2 is 1.75 bits per heavy atom. The van der Waals surface area contributed by atoms with Gasteiger partial charge in [-0.1, -0.05) is 11.6 Å². The van der Waals surface area contributed by atoms with Gasteiger partial charge < -0.3 is 0 Å². The molecule has 0 bridgehead atoms. The monoisotopic (exact) mass is 322 g/mol. The average Bonchev–Trinajstić information content (AvgIpc) is 2.22. The lowest BCUT2D eigenvalue weighted by Crippen LogP contribution is -1.97. The van der Waals surface area contributed by atoms with Crippen molar-refractivity contribution in [1.82, 2.24) is 9.97 Å². The lowest BCUT2D eigenvalue weighted by Gasteiger charge is -2.10. The van der Waals surface area contributed by atoms with Gasteiger partial charge in [0.1, 0.15) is 10.7 Å². The summed E-state index contributed by atoms with van der Waals surface area (Å²) in [5.41, 5.74) is 1.75. The quantitative estimate of drug-likeness (QED) is 0.528. The summed E-state index contributed by atoms with van der Waals surface area (Å²) >= 11 is 14.8. The van der Waals surface area contributed by atoms with Crippen molar-refractivity contribution in [3.05, 3.63) is 31.9 Å². The summed E-state index contributed by atoms with van der Waals surface area (Å²) in [7, 11) is 0. The fraction of sp³-hybridized carbons (Fsp3) is 0.200. The van der Waals surface area contributed by atoms with Crippen molar-refractivity contribution in [3.63, 3.8) is 0 Å². The molecule has 0 radical (unpaired) electrons. The highest BCUT2D eigenvalue weighted by molar-refractivity contribution is 9.10. The minimum absolute atomic E-state index is 0.0634. The topological polar surface area (TPSA) is 25.8 Å². The van der Waals surface area contributed by atoms with Crippen LogP contribution < -0.4 is 0 Å². The number of rotatable bonds is 0. The van der Waals surface area contributed by atoms with Gasteiger partial charge in [-0.2, -0.15) is 0 Å². The van der Waals surface area contributed by atoms with E-state index in [1.165, 1.54) is 0 Å². The Morgan fingerprint density at radius 1 is 1.12 bits per heavy atom. The van der Waals surface area contributed by atoms with E-state index >= 15 is 0 Å². The molecule has 0 saturated carbocycles. The first kappa shape index (κ1) is 12.0. The second-order valence-electron chi connectivity index (χ2n) is 3.39. The Bertz CT molecular complexity index is 601. The van der Waals surface area contributed by atoms with Gasteiger partial charge in [0.15, 0.2) is 5.82 Å². The summed E-state index contributed by atoms with van der Waals surface area (Å²) in [6.45, 7) is 3.64. The molecule has 6 heteroatoms. The van der Waals surface area contributed by atoms with Gasteiger partial charge in [0.05, 0.1) is 4.47 Å². The van der Waals surface area contributed by atoms with Crippen LogP contribution in [-0.4, -0.2) is 9.97 Å². The van der Waals surface area contributed by atoms with E-state index in [2.05, 4.69) is 25.9 Å². The van der Waals surface area contributed by atoms with E-state index in [-0.39, 0.29) is 16.0 Å². The van der Waals surface area contributed by atoms with Crippen molar-refractivity contribution in [2.24, 2.45) is 0 Å². The van der Waals surface area contributed by atoms with Gasteiger partial charge in [-0.15, -0.1) is 0 Å². The summed E-state index contributed by atoms with van der Waals surface area (Å²) in [6, 6.07) is 0. The van der Waals surface area contributed by atoms with Gasteiger partial charge >= 0.3 is 0 Å². The van der Waals surface area contributed by atoms with Crippen LogP contribution in [0.25, 0.3) is 10.9 Å². The second kappa shape index (κ2) is 4.09. The molecule has 84 valence electrons. The smallest absolute Gasteiger partial charge is 0.215 e. The van der Waals surface area contributed by atoms with E-state index in [1.807, 2.05) is 6.92 Å². The van der Waals surface area contributed by atoms with E-state index in [9.17, 15) is 4.39 Å². The Morgan fingerprint density at radius 3 is 2.38 bits per heavy atom. The van der Waals surface area contributed by atoms with E-state index in [1.54, 1.807) is 6.92 Å². The summed E-state index contributed by atoms with van der Waals surface area (Å²) in [5, 5.41) is 0.609. The fourth-order valence-corrected chi connectivity index (χ4v) is 2.53. The molecular formula is C10H6BrCl2FN2. The maximum atomic E-state index is 13.9. The van der Waals surface area contributed by atoms with Gasteiger partial charge in [-0.25, -0.2) is 14.4 Å². The largest absolute Gasteiger partial charge is 0.224 e. The van der Waals surface area contributed by atoms with Crippen molar-refractivity contribution < 1.29 is 4.39 Å². The van der Waals surface area contributed by atoms with Crippen molar-refractivity contribution >= 4 is 50.0 Å². The van der Waals surface area contributed by atoms with E-state index in [0.29, 0.717) is 9.86 Å². The molecule has 0 unspecified atom stereocenters. The molecule has 2 rings (SSSR count). The Hall–Kier alpha value is -0.450. The van der Waals surface area contributed by atoms with Gasteiger partial charge in [-0.3, -0.25) is 0 Å². The van der Waals surface area contributed by atoms with Crippen molar-refractivity contribution in [2.45, 2.75) is 13.8 Å². The zero-order chi connectivity index (χ0) is 12.0. The Balaban J connectivity index is 3.08. The first-order chi connectivity index (χ1) is 7.43. The molecule has 2 aromatic rings. The molecule has 0 fully saturated rings. The number of hydrogen-bond acceptors (Lipinski definition) is 2. The molecule has 0 N–H and O–H groups in total. The molecule has 1 aromatic heterocycles. The van der Waals surface area contributed by atoms with Crippen LogP contribution in [-0.2, 0) is 0 Å². The molecule has 1 aromatic carbocycles. The zero-order valence-corrected chi connectivity index (χ0v) is 11.5. The van der Waals surface area contributed by atoms with Crippen LogP contribution >= 0.6 is 39.1 Å². The van der Waals surface area contributed by atoms with Crippen molar-refractivity contribution in [3.8, 4) is 0 Å². The van der Waals surface area contributed by atoms with E-state index < -0.39 is 5.82 Å². The van der Waals surface area contributed by atoms with Crippen LogP contribution in [0.1, 0.15) is 11.1 Å². The van der Waals surface area contributed by atoms with Crippen molar-refractivity contribution in [1.29, 1.82) is 0 Å². The highest BCUT2D eigenvalue weighted by Gasteiger charge is 2.17. The molecular weight excluding hydrogens is 318 g/mol. The third-order valence-corrected chi connectivity index (χ3v) is 3.89. The van der Waals surface area contributed by atoms with E-state index in [0.717, 1.165) is 11.1 Å². The number of aromatic nitrogens is 2. The molecule has 0 atom stereocenters. The summed E-state index contributed by atoms with van der Waals surface area (Å²) in [5.74, 6) is -0.468. The summed E-state index contributed by atoms with van der Waals surface area (Å²) in [6.07, 6.45) is 0. The lowest BCUT2D eigenvalue weighted by molar-refractivity contribution is 0.628. The molecule has 0 spiro atoms. The van der Waals surface area contributed by atoms with Crippen LogP contribution in [0.5, 0.6) is 0 Å². The second-order valence-corrected chi connectivity index (χ2v) is 4.87. The molecule has 16 heavy (non-hydrogen) atoms. The number of aryl methyl sites for hydroxylation is 1. The molecule has 0 aliphatic heterocycles. The van der Waals surface area contributed by atoms with E-state index in [4.69, 9.17) is 23.2 Å². The maximum absolute atomic E-state index is 13.9. The molecule has 0 amide bonds. The van der Waals surface area contributed by atoms with Crippen LogP contribution in [0, 0.1) is 19.7 Å². The average molecular weight is 324 g/mol. The fourth-order valence-electron chi connectivity index (χ4n) is 1.52. The van der Waals surface area contributed by atoms with Crippen LogP contribution in [0.4, 0.5) is 4.39 Å². The van der Waals surface area contributed by atoms with Gasteiger partial charge in [0.25, 0.3) is 0 Å². The number of nitrogens with zero attached hydrogens (tertiary/aromatic N) is 2. The van der Waals surface area contributed by atoms with Crippen LogP contribution in [0.15, 0.2) is 4.47 Å². The van der Waals surface area contributed by atoms with Gasteiger partial charge in [0.2, 0.25) is 5.28 Å². The highest BCUT2D eigenvalue weighted by atomic mass is 79.9. The van der Waals surface area contributed by atoms with Gasteiger partial charge in [-0.05, 0) is 52.5 Å². The number of halogens is 4. The lowest BCUT2D eigenvalue weighted by atomic mass is 10.1.